The van der Waals surface area contributed by atoms with Crippen molar-refractivity contribution in [2.75, 3.05) is 0 Å². The van der Waals surface area contributed by atoms with Gasteiger partial charge in [-0.05, 0) is 48.7 Å². The molecule has 0 amide bonds. The fourth-order valence-electron chi connectivity index (χ4n) is 1.97. The average Bonchev–Trinajstić information content (AvgIpc) is 2.38. The third-order valence-corrected chi connectivity index (χ3v) is 3.21. The van der Waals surface area contributed by atoms with Crippen LogP contribution in [0.25, 0.3) is 0 Å². The zero-order valence-electron chi connectivity index (χ0n) is 11.1. The predicted octanol–water partition coefficient (Wildman–Crippen LogP) is 4.15. The van der Waals surface area contributed by atoms with Crippen LogP contribution < -0.4 is 0 Å². The summed E-state index contributed by atoms with van der Waals surface area (Å²) in [7, 11) is 0. The molecular weight excluding hydrogens is 265 g/mol. The van der Waals surface area contributed by atoms with Gasteiger partial charge in [-0.2, -0.15) is 0 Å². The fraction of sp³-hybridized carbons (Fsp3) is 0.188. The first-order valence-electron chi connectivity index (χ1n) is 6.12. The second-order valence-electron chi connectivity index (χ2n) is 4.75. The molecule has 0 aliphatic rings. The summed E-state index contributed by atoms with van der Waals surface area (Å²) in [6.07, 6.45) is -0.119. The average molecular weight is 278 g/mol. The molecule has 0 spiro atoms. The number of Topliss-reactive ketones (excluding diaryl/α,β-unsaturated/α-hetero) is 1. The topological polar surface area (TPSA) is 17.1 Å². The summed E-state index contributed by atoms with van der Waals surface area (Å²) in [4.78, 5) is 12.1. The van der Waals surface area contributed by atoms with Crippen LogP contribution in [0.2, 0.25) is 0 Å². The maximum Gasteiger partial charge on any atom is 0.170 e. The van der Waals surface area contributed by atoms with E-state index >= 15 is 0 Å². The molecule has 2 aromatic carbocycles. The Labute approximate surface area is 115 Å². The van der Waals surface area contributed by atoms with E-state index in [1.165, 1.54) is 25.1 Å². The molecule has 2 rings (SSSR count). The molecule has 0 saturated carbocycles. The SMILES string of the molecule is Cc1cc(C(=O)Cc2cc(F)ccc2C)c(F)cc1F. The first-order chi connectivity index (χ1) is 9.38. The lowest BCUT2D eigenvalue weighted by Gasteiger charge is -2.07. The molecule has 0 saturated heterocycles. The maximum absolute atomic E-state index is 13.6. The lowest BCUT2D eigenvalue weighted by Crippen LogP contribution is -2.08. The van der Waals surface area contributed by atoms with Gasteiger partial charge in [0.05, 0.1) is 5.56 Å². The number of aryl methyl sites for hydroxylation is 2. The molecule has 0 N–H and O–H groups in total. The van der Waals surface area contributed by atoms with E-state index in [9.17, 15) is 18.0 Å². The number of halogens is 3. The number of carbonyl (C=O) groups is 1. The molecule has 0 atom stereocenters. The molecule has 104 valence electrons. The zero-order valence-corrected chi connectivity index (χ0v) is 11.1. The zero-order chi connectivity index (χ0) is 14.9. The summed E-state index contributed by atoms with van der Waals surface area (Å²) in [6.45, 7) is 3.20. The lowest BCUT2D eigenvalue weighted by molar-refractivity contribution is 0.0988. The van der Waals surface area contributed by atoms with Gasteiger partial charge in [0, 0.05) is 12.5 Å². The van der Waals surface area contributed by atoms with E-state index in [2.05, 4.69) is 0 Å². The van der Waals surface area contributed by atoms with Crippen LogP contribution in [-0.2, 0) is 6.42 Å². The molecule has 0 radical (unpaired) electrons. The molecule has 20 heavy (non-hydrogen) atoms. The minimum absolute atomic E-state index is 0.119. The van der Waals surface area contributed by atoms with E-state index in [-0.39, 0.29) is 17.5 Å². The maximum atomic E-state index is 13.6. The standard InChI is InChI=1S/C16H13F3O/c1-9-3-4-12(17)6-11(9)7-16(20)13-5-10(2)14(18)8-15(13)19/h3-6,8H,7H2,1-2H3. The monoisotopic (exact) mass is 278 g/mol. The molecule has 0 aliphatic heterocycles. The van der Waals surface area contributed by atoms with Crippen molar-refractivity contribution in [3.05, 3.63) is 70.0 Å². The van der Waals surface area contributed by atoms with Crippen molar-refractivity contribution in [1.82, 2.24) is 0 Å². The lowest BCUT2D eigenvalue weighted by atomic mass is 9.98. The van der Waals surface area contributed by atoms with Gasteiger partial charge in [0.15, 0.2) is 5.78 Å². The van der Waals surface area contributed by atoms with Gasteiger partial charge in [0.1, 0.15) is 17.5 Å². The Morgan fingerprint density at radius 1 is 0.950 bits per heavy atom. The molecular formula is C16H13F3O. The molecule has 2 aromatic rings. The van der Waals surface area contributed by atoms with Gasteiger partial charge in [0.2, 0.25) is 0 Å². The summed E-state index contributed by atoms with van der Waals surface area (Å²) in [5, 5.41) is 0. The highest BCUT2D eigenvalue weighted by atomic mass is 19.1. The van der Waals surface area contributed by atoms with Crippen molar-refractivity contribution in [3.8, 4) is 0 Å². The van der Waals surface area contributed by atoms with Crippen LogP contribution in [0.4, 0.5) is 13.2 Å². The van der Waals surface area contributed by atoms with Crippen molar-refractivity contribution in [2.45, 2.75) is 20.3 Å². The van der Waals surface area contributed by atoms with E-state index in [0.29, 0.717) is 11.6 Å². The van der Waals surface area contributed by atoms with Crippen molar-refractivity contribution in [3.63, 3.8) is 0 Å². The second-order valence-corrected chi connectivity index (χ2v) is 4.75. The molecule has 1 nitrogen and oxygen atoms in total. The van der Waals surface area contributed by atoms with E-state index in [0.717, 1.165) is 5.56 Å². The van der Waals surface area contributed by atoms with Gasteiger partial charge < -0.3 is 0 Å². The Morgan fingerprint density at radius 3 is 2.35 bits per heavy atom. The third kappa shape index (κ3) is 2.90. The molecule has 0 heterocycles. The second kappa shape index (κ2) is 5.49. The Hall–Kier alpha value is -2.10. The number of hydrogen-bond acceptors (Lipinski definition) is 1. The van der Waals surface area contributed by atoms with Crippen LogP contribution in [0.3, 0.4) is 0 Å². The minimum atomic E-state index is -0.896. The van der Waals surface area contributed by atoms with E-state index in [1.807, 2.05) is 0 Å². The molecule has 0 bridgehead atoms. The van der Waals surface area contributed by atoms with E-state index in [4.69, 9.17) is 0 Å². The number of benzene rings is 2. The van der Waals surface area contributed by atoms with Gasteiger partial charge in [0.25, 0.3) is 0 Å². The van der Waals surface area contributed by atoms with Crippen LogP contribution in [0.5, 0.6) is 0 Å². The molecule has 4 heteroatoms. The molecule has 0 aliphatic carbocycles. The highest BCUT2D eigenvalue weighted by Gasteiger charge is 2.16. The third-order valence-electron chi connectivity index (χ3n) is 3.21. The summed E-state index contributed by atoms with van der Waals surface area (Å²) in [6, 6.07) is 5.99. The number of carbonyl (C=O) groups excluding carboxylic acids is 1. The van der Waals surface area contributed by atoms with Gasteiger partial charge in [-0.3, -0.25) is 4.79 Å². The van der Waals surface area contributed by atoms with Gasteiger partial charge in [-0.15, -0.1) is 0 Å². The van der Waals surface area contributed by atoms with E-state index < -0.39 is 23.2 Å². The Morgan fingerprint density at radius 2 is 1.65 bits per heavy atom. The van der Waals surface area contributed by atoms with Crippen molar-refractivity contribution in [1.29, 1.82) is 0 Å². The molecule has 0 aromatic heterocycles. The molecule has 0 fully saturated rings. The largest absolute Gasteiger partial charge is 0.294 e. The molecule has 0 unspecified atom stereocenters. The van der Waals surface area contributed by atoms with Gasteiger partial charge in [-0.1, -0.05) is 6.07 Å². The van der Waals surface area contributed by atoms with Crippen molar-refractivity contribution in [2.24, 2.45) is 0 Å². The normalized spacial score (nSPS) is 10.7. The smallest absolute Gasteiger partial charge is 0.170 e. The summed E-state index contributed by atoms with van der Waals surface area (Å²) in [5.41, 5.74) is 1.27. The number of rotatable bonds is 3. The van der Waals surface area contributed by atoms with Crippen molar-refractivity contribution >= 4 is 5.78 Å². The van der Waals surface area contributed by atoms with Gasteiger partial charge >= 0.3 is 0 Å². The van der Waals surface area contributed by atoms with Crippen LogP contribution in [0, 0.1) is 31.3 Å². The van der Waals surface area contributed by atoms with Crippen LogP contribution in [0.15, 0.2) is 30.3 Å². The quantitative estimate of drug-likeness (QED) is 0.771. The Balaban J connectivity index is 2.33. The van der Waals surface area contributed by atoms with E-state index in [1.54, 1.807) is 13.0 Å². The van der Waals surface area contributed by atoms with Gasteiger partial charge in [-0.25, -0.2) is 13.2 Å². The summed E-state index contributed by atoms with van der Waals surface area (Å²) < 4.78 is 40.0. The first-order valence-corrected chi connectivity index (χ1v) is 6.12. The van der Waals surface area contributed by atoms with Crippen molar-refractivity contribution < 1.29 is 18.0 Å². The highest BCUT2D eigenvalue weighted by molar-refractivity contribution is 5.98. The Kier molecular flexibility index (Phi) is 3.93. The van der Waals surface area contributed by atoms with Crippen LogP contribution in [0.1, 0.15) is 27.0 Å². The first kappa shape index (κ1) is 14.3. The number of ketones is 1. The summed E-state index contributed by atoms with van der Waals surface area (Å²) in [5.74, 6) is -2.54. The summed E-state index contributed by atoms with van der Waals surface area (Å²) >= 11 is 0. The highest BCUT2D eigenvalue weighted by Crippen LogP contribution is 2.18. The number of hydrogen-bond donors (Lipinski definition) is 0. The fourth-order valence-corrected chi connectivity index (χ4v) is 1.97. The Bertz CT molecular complexity index is 678. The predicted molar refractivity (Wildman–Crippen MR) is 70.3 cm³/mol. The van der Waals surface area contributed by atoms with Crippen LogP contribution in [-0.4, -0.2) is 5.78 Å². The minimum Gasteiger partial charge on any atom is -0.294 e. The van der Waals surface area contributed by atoms with Crippen LogP contribution >= 0.6 is 0 Å².